The number of amides is 1. The highest BCUT2D eigenvalue weighted by Gasteiger charge is 2.31. The fraction of sp³-hybridized carbons (Fsp3) is 0.417. The predicted molar refractivity (Wildman–Crippen MR) is 79.9 cm³/mol. The van der Waals surface area contributed by atoms with E-state index in [9.17, 15) is 23.3 Å². The molecule has 0 radical (unpaired) electrons. The third kappa shape index (κ3) is 3.41. The summed E-state index contributed by atoms with van der Waals surface area (Å²) in [6.45, 7) is 0.0241. The SMILES string of the molecule is O=C(NCC1CCCS1(=O)=O)c1cccc([N+](=O)[O-])c1Br. The van der Waals surface area contributed by atoms with Gasteiger partial charge in [-0.15, -0.1) is 0 Å². The molecule has 1 unspecified atom stereocenters. The average molecular weight is 377 g/mol. The zero-order valence-electron chi connectivity index (χ0n) is 10.9. The van der Waals surface area contributed by atoms with Crippen LogP contribution in [-0.2, 0) is 9.84 Å². The second kappa shape index (κ2) is 6.10. The lowest BCUT2D eigenvalue weighted by Gasteiger charge is -2.11. The molecule has 9 heteroatoms. The van der Waals surface area contributed by atoms with Gasteiger partial charge in [-0.25, -0.2) is 8.42 Å². The van der Waals surface area contributed by atoms with Gasteiger partial charge >= 0.3 is 0 Å². The van der Waals surface area contributed by atoms with E-state index in [1.165, 1.54) is 18.2 Å². The molecular formula is C12H13BrN2O5S. The van der Waals surface area contributed by atoms with E-state index in [0.29, 0.717) is 12.8 Å². The van der Waals surface area contributed by atoms with Gasteiger partial charge in [-0.1, -0.05) is 6.07 Å². The summed E-state index contributed by atoms with van der Waals surface area (Å²) in [5, 5.41) is 12.8. The number of rotatable bonds is 4. The molecule has 1 heterocycles. The van der Waals surface area contributed by atoms with Gasteiger partial charge in [0.05, 0.1) is 21.5 Å². The van der Waals surface area contributed by atoms with Crippen LogP contribution in [0.2, 0.25) is 0 Å². The first-order valence-electron chi connectivity index (χ1n) is 6.25. The molecule has 0 aliphatic carbocycles. The zero-order chi connectivity index (χ0) is 15.6. The minimum Gasteiger partial charge on any atom is -0.351 e. The van der Waals surface area contributed by atoms with E-state index >= 15 is 0 Å². The van der Waals surface area contributed by atoms with Crippen molar-refractivity contribution in [2.75, 3.05) is 12.3 Å². The first-order chi connectivity index (χ1) is 9.83. The van der Waals surface area contributed by atoms with Gasteiger partial charge in [-0.3, -0.25) is 14.9 Å². The molecular weight excluding hydrogens is 364 g/mol. The van der Waals surface area contributed by atoms with Gasteiger partial charge < -0.3 is 5.32 Å². The van der Waals surface area contributed by atoms with Crippen LogP contribution in [-0.4, -0.2) is 36.8 Å². The third-order valence-corrected chi connectivity index (χ3v) is 6.48. The van der Waals surface area contributed by atoms with Crippen molar-refractivity contribution < 1.29 is 18.1 Å². The molecule has 1 fully saturated rings. The van der Waals surface area contributed by atoms with E-state index < -0.39 is 25.9 Å². The number of carbonyl (C=O) groups excluding carboxylic acids is 1. The molecule has 1 aromatic rings. The van der Waals surface area contributed by atoms with Crippen molar-refractivity contribution in [3.05, 3.63) is 38.3 Å². The zero-order valence-corrected chi connectivity index (χ0v) is 13.3. The minimum atomic E-state index is -3.13. The van der Waals surface area contributed by atoms with Gasteiger partial charge in [0.25, 0.3) is 11.6 Å². The monoisotopic (exact) mass is 376 g/mol. The van der Waals surface area contributed by atoms with Crippen LogP contribution in [0.25, 0.3) is 0 Å². The molecule has 114 valence electrons. The Morgan fingerprint density at radius 1 is 1.48 bits per heavy atom. The number of benzene rings is 1. The molecule has 1 aromatic carbocycles. The highest BCUT2D eigenvalue weighted by Crippen LogP contribution is 2.28. The average Bonchev–Trinajstić information content (AvgIpc) is 2.75. The van der Waals surface area contributed by atoms with Crippen LogP contribution in [0.5, 0.6) is 0 Å². The number of nitro benzene ring substituents is 1. The van der Waals surface area contributed by atoms with Crippen LogP contribution in [0, 0.1) is 10.1 Å². The maximum absolute atomic E-state index is 12.0. The van der Waals surface area contributed by atoms with Gasteiger partial charge in [0, 0.05) is 12.6 Å². The number of nitrogens with one attached hydrogen (secondary N) is 1. The van der Waals surface area contributed by atoms with Crippen molar-refractivity contribution >= 4 is 37.4 Å². The van der Waals surface area contributed by atoms with E-state index in [0.717, 1.165) is 0 Å². The number of sulfone groups is 1. The molecule has 0 spiro atoms. The van der Waals surface area contributed by atoms with Crippen LogP contribution in [0.1, 0.15) is 23.2 Å². The summed E-state index contributed by atoms with van der Waals surface area (Å²) in [6.07, 6.45) is 1.13. The van der Waals surface area contributed by atoms with Crippen molar-refractivity contribution in [2.45, 2.75) is 18.1 Å². The molecule has 21 heavy (non-hydrogen) atoms. The van der Waals surface area contributed by atoms with Crippen LogP contribution in [0.3, 0.4) is 0 Å². The lowest BCUT2D eigenvalue weighted by atomic mass is 10.2. The minimum absolute atomic E-state index is 0.0241. The third-order valence-electron chi connectivity index (χ3n) is 3.37. The lowest BCUT2D eigenvalue weighted by Crippen LogP contribution is -2.34. The number of nitrogens with zero attached hydrogens (tertiary/aromatic N) is 1. The van der Waals surface area contributed by atoms with Crippen LogP contribution >= 0.6 is 15.9 Å². The van der Waals surface area contributed by atoms with E-state index in [-0.39, 0.29) is 28.0 Å². The first kappa shape index (κ1) is 15.9. The van der Waals surface area contributed by atoms with E-state index in [1.54, 1.807) is 0 Å². The summed E-state index contributed by atoms with van der Waals surface area (Å²) in [7, 11) is -3.13. The Hall–Kier alpha value is -1.48. The smallest absolute Gasteiger partial charge is 0.284 e. The second-order valence-corrected chi connectivity index (χ2v) is 7.93. The highest BCUT2D eigenvalue weighted by molar-refractivity contribution is 9.10. The molecule has 7 nitrogen and oxygen atoms in total. The van der Waals surface area contributed by atoms with Crippen LogP contribution < -0.4 is 5.32 Å². The molecule has 0 aromatic heterocycles. The standard InChI is InChI=1S/C12H13BrN2O5S/c13-11-9(4-1-5-10(11)15(17)18)12(16)14-7-8-3-2-6-21(8,19)20/h1,4-5,8H,2-3,6-7H2,(H,14,16). The van der Waals surface area contributed by atoms with Gasteiger partial charge in [0.2, 0.25) is 0 Å². The Kier molecular flexibility index (Phi) is 4.62. The number of hydrogen-bond donors (Lipinski definition) is 1. The van der Waals surface area contributed by atoms with Crippen molar-refractivity contribution in [1.82, 2.24) is 5.32 Å². The molecule has 1 amide bonds. The fourth-order valence-corrected chi connectivity index (χ4v) is 4.58. The number of halogens is 1. The van der Waals surface area contributed by atoms with Crippen molar-refractivity contribution in [3.63, 3.8) is 0 Å². The summed E-state index contributed by atoms with van der Waals surface area (Å²) in [5.74, 6) is -0.388. The van der Waals surface area contributed by atoms with Gasteiger partial charge in [-0.2, -0.15) is 0 Å². The predicted octanol–water partition coefficient (Wildman–Crippen LogP) is 1.66. The van der Waals surface area contributed by atoms with E-state index in [1.807, 2.05) is 0 Å². The molecule has 2 rings (SSSR count). The highest BCUT2D eigenvalue weighted by atomic mass is 79.9. The second-order valence-electron chi connectivity index (χ2n) is 4.74. The molecule has 1 aliphatic heterocycles. The molecule has 1 atom stereocenters. The lowest BCUT2D eigenvalue weighted by molar-refractivity contribution is -0.385. The quantitative estimate of drug-likeness (QED) is 0.635. The number of hydrogen-bond acceptors (Lipinski definition) is 5. The van der Waals surface area contributed by atoms with E-state index in [4.69, 9.17) is 0 Å². The molecule has 0 bridgehead atoms. The maximum atomic E-state index is 12.0. The largest absolute Gasteiger partial charge is 0.351 e. The summed E-state index contributed by atoms with van der Waals surface area (Å²) < 4.78 is 23.4. The normalized spacial score (nSPS) is 20.1. The Morgan fingerprint density at radius 3 is 2.76 bits per heavy atom. The molecule has 1 N–H and O–H groups in total. The van der Waals surface area contributed by atoms with Crippen molar-refractivity contribution in [2.24, 2.45) is 0 Å². The maximum Gasteiger partial charge on any atom is 0.284 e. The topological polar surface area (TPSA) is 106 Å². The molecule has 1 saturated heterocycles. The van der Waals surface area contributed by atoms with Crippen molar-refractivity contribution in [1.29, 1.82) is 0 Å². The Bertz CT molecular complexity index is 689. The van der Waals surface area contributed by atoms with Crippen LogP contribution in [0.15, 0.2) is 22.7 Å². The summed E-state index contributed by atoms with van der Waals surface area (Å²) in [4.78, 5) is 22.3. The van der Waals surface area contributed by atoms with Crippen LogP contribution in [0.4, 0.5) is 5.69 Å². The fourth-order valence-electron chi connectivity index (χ4n) is 2.23. The Balaban J connectivity index is 2.11. The summed E-state index contributed by atoms with van der Waals surface area (Å²) in [6, 6.07) is 4.13. The van der Waals surface area contributed by atoms with Gasteiger partial charge in [0.15, 0.2) is 9.84 Å². The van der Waals surface area contributed by atoms with E-state index in [2.05, 4.69) is 21.2 Å². The first-order valence-corrected chi connectivity index (χ1v) is 8.76. The summed E-state index contributed by atoms with van der Waals surface area (Å²) in [5.41, 5.74) is -0.101. The van der Waals surface area contributed by atoms with Gasteiger partial charge in [-0.05, 0) is 34.8 Å². The molecule has 0 saturated carbocycles. The summed E-state index contributed by atoms with van der Waals surface area (Å²) >= 11 is 3.04. The Morgan fingerprint density at radius 2 is 2.19 bits per heavy atom. The number of carbonyl (C=O) groups is 1. The van der Waals surface area contributed by atoms with Gasteiger partial charge in [0.1, 0.15) is 4.47 Å². The molecule has 1 aliphatic rings. The van der Waals surface area contributed by atoms with Crippen molar-refractivity contribution in [3.8, 4) is 0 Å². The Labute approximate surface area is 129 Å². The number of nitro groups is 1.